The molecule has 0 nitrogen and oxygen atoms in total. The second-order valence-electron chi connectivity index (χ2n) is 5.64. The lowest BCUT2D eigenvalue weighted by Crippen LogP contribution is -2.09. The molecule has 1 unspecified atom stereocenters. The summed E-state index contributed by atoms with van der Waals surface area (Å²) < 4.78 is 0. The maximum absolute atomic E-state index is 4.82. The molecule has 1 atom stereocenters. The fourth-order valence-corrected chi connectivity index (χ4v) is 4.71. The highest BCUT2D eigenvalue weighted by Gasteiger charge is 2.29. The quantitative estimate of drug-likeness (QED) is 0.366. The van der Waals surface area contributed by atoms with Gasteiger partial charge in [0.1, 0.15) is 0 Å². The second kappa shape index (κ2) is 5.85. The van der Waals surface area contributed by atoms with Crippen molar-refractivity contribution in [3.8, 4) is 0 Å². The summed E-state index contributed by atoms with van der Waals surface area (Å²) in [6.45, 7) is 0. The summed E-state index contributed by atoms with van der Waals surface area (Å²) in [7, 11) is 0. The smallest absolute Gasteiger partial charge is 0.0414 e. The van der Waals surface area contributed by atoms with Gasteiger partial charge in [-0.3, -0.25) is 0 Å². The van der Waals surface area contributed by atoms with Gasteiger partial charge in [-0.05, 0) is 28.0 Å². The molecule has 0 saturated heterocycles. The molecule has 0 saturated carbocycles. The lowest BCUT2D eigenvalue weighted by atomic mass is 9.82. The van der Waals surface area contributed by atoms with Crippen molar-refractivity contribution in [2.75, 3.05) is 0 Å². The van der Waals surface area contributed by atoms with Crippen LogP contribution < -0.4 is 0 Å². The number of hydrogen-bond donors (Lipinski definition) is 4. The van der Waals surface area contributed by atoms with Crippen LogP contribution in [-0.4, -0.2) is 0 Å². The number of benzene rings is 3. The molecule has 0 fully saturated rings. The van der Waals surface area contributed by atoms with Crippen molar-refractivity contribution in [2.45, 2.75) is 15.7 Å². The lowest BCUT2D eigenvalue weighted by Gasteiger charge is -2.29. The van der Waals surface area contributed by atoms with Crippen LogP contribution >= 0.6 is 50.5 Å². The fraction of sp³-hybridized carbons (Fsp3) is 0.0526. The average Bonchev–Trinajstić information content (AvgIpc) is 2.56. The molecule has 0 aliphatic heterocycles. The number of thiol groups is 4. The van der Waals surface area contributed by atoms with Gasteiger partial charge in [-0.25, -0.2) is 0 Å². The van der Waals surface area contributed by atoms with Gasteiger partial charge in [0.2, 0.25) is 0 Å². The number of hydrogen-bond acceptors (Lipinski definition) is 4. The Bertz CT molecular complexity index is 958. The van der Waals surface area contributed by atoms with E-state index in [1.54, 1.807) is 0 Å². The largest absolute Gasteiger partial charge is 0.146 e. The van der Waals surface area contributed by atoms with Gasteiger partial charge in [-0.2, -0.15) is 0 Å². The van der Waals surface area contributed by atoms with Crippen LogP contribution in [0.4, 0.5) is 0 Å². The van der Waals surface area contributed by atoms with E-state index < -0.39 is 0 Å². The van der Waals surface area contributed by atoms with Gasteiger partial charge in [-0.15, -0.1) is 50.5 Å². The minimum absolute atomic E-state index is 0.0988. The third kappa shape index (κ3) is 2.35. The Hall–Kier alpha value is -0.940. The molecule has 1 aliphatic rings. The molecular formula is C19H14S4. The molecule has 4 heteroatoms. The summed E-state index contributed by atoms with van der Waals surface area (Å²) in [5.41, 5.74) is 3.50. The van der Waals surface area contributed by atoms with E-state index >= 15 is 0 Å². The summed E-state index contributed by atoms with van der Waals surface area (Å²) in [6, 6.07) is 18.9. The Morgan fingerprint density at radius 2 is 1.52 bits per heavy atom. The Labute approximate surface area is 157 Å². The van der Waals surface area contributed by atoms with E-state index in [1.165, 1.54) is 16.5 Å². The van der Waals surface area contributed by atoms with Crippen molar-refractivity contribution in [1.82, 2.24) is 0 Å². The fourth-order valence-electron chi connectivity index (χ4n) is 3.33. The van der Waals surface area contributed by atoms with Gasteiger partial charge in [0, 0.05) is 31.1 Å². The van der Waals surface area contributed by atoms with Crippen molar-refractivity contribution in [3.63, 3.8) is 0 Å². The molecule has 3 aromatic carbocycles. The predicted octanol–water partition coefficient (Wildman–Crippen LogP) is 6.09. The molecule has 0 radical (unpaired) electrons. The molecule has 0 amide bonds. The third-order valence-corrected chi connectivity index (χ3v) is 6.46. The first kappa shape index (κ1) is 15.6. The van der Waals surface area contributed by atoms with E-state index in [4.69, 9.17) is 25.3 Å². The molecule has 0 N–H and O–H groups in total. The molecule has 3 aromatic rings. The molecular weight excluding hydrogens is 356 g/mol. The van der Waals surface area contributed by atoms with Gasteiger partial charge in [0.15, 0.2) is 0 Å². The van der Waals surface area contributed by atoms with E-state index in [-0.39, 0.29) is 5.92 Å². The van der Waals surface area contributed by atoms with Crippen LogP contribution in [0.2, 0.25) is 0 Å². The summed E-state index contributed by atoms with van der Waals surface area (Å²) in [6.07, 6.45) is 0. The van der Waals surface area contributed by atoms with E-state index in [9.17, 15) is 0 Å². The number of allylic oxidation sites excluding steroid dienone is 1. The molecule has 114 valence electrons. The SMILES string of the molecule is SC1=C(S)C(c2ccccc2)c2cccc3cc(S)c(S)c1c23. The Kier molecular flexibility index (Phi) is 3.96. The van der Waals surface area contributed by atoms with E-state index in [0.29, 0.717) is 0 Å². The van der Waals surface area contributed by atoms with Crippen LogP contribution in [0.25, 0.3) is 15.7 Å². The highest BCUT2D eigenvalue weighted by molar-refractivity contribution is 7.93. The van der Waals surface area contributed by atoms with Crippen molar-refractivity contribution < 1.29 is 0 Å². The van der Waals surface area contributed by atoms with Gasteiger partial charge in [0.25, 0.3) is 0 Å². The molecule has 0 aromatic heterocycles. The summed E-state index contributed by atoms with van der Waals surface area (Å²) in [5, 5.41) is 2.36. The van der Waals surface area contributed by atoms with Gasteiger partial charge < -0.3 is 0 Å². The van der Waals surface area contributed by atoms with Gasteiger partial charge >= 0.3 is 0 Å². The van der Waals surface area contributed by atoms with Crippen molar-refractivity contribution in [2.24, 2.45) is 0 Å². The van der Waals surface area contributed by atoms with Crippen LogP contribution in [0.5, 0.6) is 0 Å². The topological polar surface area (TPSA) is 0 Å². The zero-order valence-corrected chi connectivity index (χ0v) is 15.6. The third-order valence-electron chi connectivity index (χ3n) is 4.35. The van der Waals surface area contributed by atoms with E-state index in [1.807, 2.05) is 6.07 Å². The Balaban J connectivity index is 2.14. The molecule has 0 spiro atoms. The molecule has 0 heterocycles. The maximum atomic E-state index is 4.82. The minimum atomic E-state index is 0.0988. The summed E-state index contributed by atoms with van der Waals surface area (Å²) in [5.74, 6) is 0.0988. The Morgan fingerprint density at radius 1 is 0.783 bits per heavy atom. The van der Waals surface area contributed by atoms with Crippen LogP contribution in [0.3, 0.4) is 0 Å². The minimum Gasteiger partial charge on any atom is -0.146 e. The lowest BCUT2D eigenvalue weighted by molar-refractivity contribution is 1.02. The molecule has 23 heavy (non-hydrogen) atoms. The van der Waals surface area contributed by atoms with Gasteiger partial charge in [0.05, 0.1) is 0 Å². The first-order valence-electron chi connectivity index (χ1n) is 7.24. The second-order valence-corrected chi connectivity index (χ2v) is 7.50. The van der Waals surface area contributed by atoms with Crippen LogP contribution in [0.15, 0.2) is 69.3 Å². The van der Waals surface area contributed by atoms with Gasteiger partial charge in [-0.1, -0.05) is 48.5 Å². The van der Waals surface area contributed by atoms with Crippen LogP contribution in [-0.2, 0) is 0 Å². The summed E-state index contributed by atoms with van der Waals surface area (Å²) in [4.78, 5) is 3.55. The van der Waals surface area contributed by atoms with Crippen molar-refractivity contribution >= 4 is 66.2 Å². The van der Waals surface area contributed by atoms with Crippen molar-refractivity contribution in [3.05, 3.63) is 76.2 Å². The molecule has 4 rings (SSSR count). The molecule has 1 aliphatic carbocycles. The van der Waals surface area contributed by atoms with Crippen LogP contribution in [0.1, 0.15) is 22.6 Å². The van der Waals surface area contributed by atoms with E-state index in [2.05, 4.69) is 73.8 Å². The van der Waals surface area contributed by atoms with Crippen LogP contribution in [0, 0.1) is 0 Å². The monoisotopic (exact) mass is 370 g/mol. The highest BCUT2D eigenvalue weighted by atomic mass is 32.1. The zero-order chi connectivity index (χ0) is 16.1. The average molecular weight is 371 g/mol. The Morgan fingerprint density at radius 3 is 2.26 bits per heavy atom. The normalized spacial score (nSPS) is 17.0. The first-order valence-corrected chi connectivity index (χ1v) is 9.03. The van der Waals surface area contributed by atoms with E-state index in [0.717, 1.165) is 30.6 Å². The summed E-state index contributed by atoms with van der Waals surface area (Å²) >= 11 is 18.8. The predicted molar refractivity (Wildman–Crippen MR) is 112 cm³/mol. The number of rotatable bonds is 1. The standard InChI is InChI=1S/C19H14S4/c20-13-9-11-7-4-8-12-14(11)16(17(13)21)19(23)18(22)15(12)10-5-2-1-3-6-10/h1-9,15,20-23H. The maximum Gasteiger partial charge on any atom is 0.0414 e. The highest BCUT2D eigenvalue weighted by Crippen LogP contribution is 2.51. The first-order chi connectivity index (χ1) is 11.1. The molecule has 0 bridgehead atoms. The van der Waals surface area contributed by atoms with Crippen molar-refractivity contribution in [1.29, 1.82) is 0 Å². The zero-order valence-electron chi connectivity index (χ0n) is 12.1.